The number of rotatable bonds is 4. The standard InChI is InChI=1S/C14H11ClN4O3S/c15-9-5-8(13(20)12(6-9)19(21)22)7-17-10-1-3-11(4-2-10)18-14(16)23/h1-7,20H,(H3,16,18,23). The van der Waals surface area contributed by atoms with Gasteiger partial charge in [0.1, 0.15) is 0 Å². The average molecular weight is 351 g/mol. The smallest absolute Gasteiger partial charge is 0.312 e. The first kappa shape index (κ1) is 16.7. The van der Waals surface area contributed by atoms with Crippen LogP contribution in [0.1, 0.15) is 5.56 Å². The summed E-state index contributed by atoms with van der Waals surface area (Å²) in [4.78, 5) is 14.3. The zero-order valence-electron chi connectivity index (χ0n) is 11.6. The molecule has 0 aliphatic heterocycles. The lowest BCUT2D eigenvalue weighted by atomic mass is 10.2. The fraction of sp³-hybridized carbons (Fsp3) is 0. The van der Waals surface area contributed by atoms with Gasteiger partial charge in [0.15, 0.2) is 5.11 Å². The average Bonchev–Trinajstić information content (AvgIpc) is 2.48. The minimum atomic E-state index is -0.714. The lowest BCUT2D eigenvalue weighted by Crippen LogP contribution is -2.18. The van der Waals surface area contributed by atoms with E-state index in [-0.39, 0.29) is 15.7 Å². The molecule has 0 amide bonds. The Balaban J connectivity index is 2.26. The number of nitro benzene ring substituents is 1. The van der Waals surface area contributed by atoms with Gasteiger partial charge in [-0.2, -0.15) is 0 Å². The van der Waals surface area contributed by atoms with Gasteiger partial charge in [0.25, 0.3) is 0 Å². The van der Waals surface area contributed by atoms with Gasteiger partial charge in [-0.25, -0.2) is 0 Å². The Morgan fingerprint density at radius 1 is 1.39 bits per heavy atom. The van der Waals surface area contributed by atoms with Gasteiger partial charge >= 0.3 is 5.69 Å². The predicted molar refractivity (Wildman–Crippen MR) is 93.9 cm³/mol. The summed E-state index contributed by atoms with van der Waals surface area (Å²) >= 11 is 10.5. The van der Waals surface area contributed by atoms with Crippen LogP contribution in [0.3, 0.4) is 0 Å². The second kappa shape index (κ2) is 7.03. The molecule has 0 unspecified atom stereocenters. The first-order valence-corrected chi connectivity index (χ1v) is 7.03. The molecule has 0 spiro atoms. The molecule has 0 bridgehead atoms. The predicted octanol–water partition coefficient (Wildman–Crippen LogP) is 3.36. The van der Waals surface area contributed by atoms with Crippen molar-refractivity contribution in [2.45, 2.75) is 0 Å². The van der Waals surface area contributed by atoms with Crippen LogP contribution >= 0.6 is 23.8 Å². The normalized spacial score (nSPS) is 10.7. The molecule has 9 heteroatoms. The third-order valence-electron chi connectivity index (χ3n) is 2.77. The summed E-state index contributed by atoms with van der Waals surface area (Å²) in [5.74, 6) is -0.491. The van der Waals surface area contributed by atoms with Crippen LogP contribution in [0.4, 0.5) is 17.1 Å². The number of phenols is 1. The fourth-order valence-corrected chi connectivity index (χ4v) is 2.10. The number of hydrogen-bond acceptors (Lipinski definition) is 5. The Morgan fingerprint density at radius 3 is 2.61 bits per heavy atom. The van der Waals surface area contributed by atoms with Crippen LogP contribution in [0.15, 0.2) is 41.4 Å². The largest absolute Gasteiger partial charge is 0.502 e. The third-order valence-corrected chi connectivity index (χ3v) is 3.09. The van der Waals surface area contributed by atoms with E-state index in [4.69, 9.17) is 29.6 Å². The van der Waals surface area contributed by atoms with Crippen molar-refractivity contribution in [3.8, 4) is 5.75 Å². The van der Waals surface area contributed by atoms with Crippen LogP contribution in [-0.2, 0) is 0 Å². The van der Waals surface area contributed by atoms with Gasteiger partial charge in [0.2, 0.25) is 5.75 Å². The van der Waals surface area contributed by atoms with Crippen molar-refractivity contribution in [1.29, 1.82) is 0 Å². The van der Waals surface area contributed by atoms with Crippen LogP contribution in [0.5, 0.6) is 5.75 Å². The number of nitrogens with zero attached hydrogens (tertiary/aromatic N) is 2. The van der Waals surface area contributed by atoms with Gasteiger partial charge in [-0.15, -0.1) is 0 Å². The van der Waals surface area contributed by atoms with E-state index in [0.29, 0.717) is 11.4 Å². The van der Waals surface area contributed by atoms with Gasteiger partial charge < -0.3 is 16.2 Å². The molecule has 23 heavy (non-hydrogen) atoms. The number of aliphatic imine (C=N–C) groups is 1. The number of nitrogens with two attached hydrogens (primary N) is 1. The van der Waals surface area contributed by atoms with E-state index in [0.717, 1.165) is 6.07 Å². The van der Waals surface area contributed by atoms with Gasteiger partial charge in [-0.1, -0.05) is 11.6 Å². The Kier molecular flexibility index (Phi) is 5.09. The number of thiocarbonyl (C=S) groups is 1. The van der Waals surface area contributed by atoms with Crippen molar-refractivity contribution in [3.05, 3.63) is 57.1 Å². The molecule has 0 aliphatic carbocycles. The van der Waals surface area contributed by atoms with E-state index in [1.54, 1.807) is 24.3 Å². The first-order valence-electron chi connectivity index (χ1n) is 6.24. The molecule has 118 valence electrons. The maximum absolute atomic E-state index is 10.8. The van der Waals surface area contributed by atoms with Crippen molar-refractivity contribution in [2.75, 3.05) is 5.32 Å². The lowest BCUT2D eigenvalue weighted by molar-refractivity contribution is -0.385. The number of nitro groups is 1. The van der Waals surface area contributed by atoms with Crippen LogP contribution in [-0.4, -0.2) is 21.4 Å². The quantitative estimate of drug-likeness (QED) is 0.337. The zero-order valence-corrected chi connectivity index (χ0v) is 13.1. The number of anilines is 1. The molecule has 0 fully saturated rings. The summed E-state index contributed by atoms with van der Waals surface area (Å²) in [7, 11) is 0. The highest BCUT2D eigenvalue weighted by molar-refractivity contribution is 7.80. The lowest BCUT2D eigenvalue weighted by Gasteiger charge is -2.04. The van der Waals surface area contributed by atoms with Crippen LogP contribution in [0.25, 0.3) is 0 Å². The van der Waals surface area contributed by atoms with Crippen molar-refractivity contribution in [3.63, 3.8) is 0 Å². The molecule has 0 aliphatic rings. The molecule has 0 radical (unpaired) electrons. The zero-order chi connectivity index (χ0) is 17.0. The summed E-state index contributed by atoms with van der Waals surface area (Å²) in [5, 5.41) is 23.8. The van der Waals surface area contributed by atoms with Crippen molar-refractivity contribution >= 4 is 52.2 Å². The fourth-order valence-electron chi connectivity index (χ4n) is 1.76. The van der Waals surface area contributed by atoms with Gasteiger partial charge in [-0.3, -0.25) is 15.1 Å². The molecule has 0 aromatic heterocycles. The summed E-state index contributed by atoms with van der Waals surface area (Å²) in [6.45, 7) is 0. The number of hydrogen-bond donors (Lipinski definition) is 3. The Hall–Kier alpha value is -2.71. The maximum Gasteiger partial charge on any atom is 0.312 e. The Labute approximate surface area is 141 Å². The number of nitrogens with one attached hydrogen (secondary N) is 1. The molecule has 7 nitrogen and oxygen atoms in total. The highest BCUT2D eigenvalue weighted by atomic mass is 35.5. The summed E-state index contributed by atoms with van der Waals surface area (Å²) in [5.41, 5.74) is 6.31. The summed E-state index contributed by atoms with van der Waals surface area (Å²) in [6, 6.07) is 9.26. The molecule has 0 saturated heterocycles. The number of aromatic hydroxyl groups is 1. The minimum Gasteiger partial charge on any atom is -0.502 e. The van der Waals surface area contributed by atoms with E-state index in [2.05, 4.69) is 10.3 Å². The Bertz CT molecular complexity index is 793. The highest BCUT2D eigenvalue weighted by Gasteiger charge is 2.17. The molecule has 2 rings (SSSR count). The van der Waals surface area contributed by atoms with Crippen molar-refractivity contribution < 1.29 is 10.0 Å². The van der Waals surface area contributed by atoms with Crippen LogP contribution in [0.2, 0.25) is 5.02 Å². The SMILES string of the molecule is NC(=S)Nc1ccc(N=Cc2cc(Cl)cc([N+](=O)[O-])c2O)cc1. The molecule has 0 saturated carbocycles. The highest BCUT2D eigenvalue weighted by Crippen LogP contribution is 2.32. The first-order chi connectivity index (χ1) is 10.9. The van der Waals surface area contributed by atoms with Gasteiger partial charge in [0.05, 0.1) is 10.6 Å². The third kappa shape index (κ3) is 4.38. The van der Waals surface area contributed by atoms with Crippen molar-refractivity contribution in [2.24, 2.45) is 10.7 Å². The molecular formula is C14H11ClN4O3S. The van der Waals surface area contributed by atoms with Crippen LogP contribution < -0.4 is 11.1 Å². The van der Waals surface area contributed by atoms with Crippen LogP contribution in [0, 0.1) is 10.1 Å². The molecule has 0 heterocycles. The maximum atomic E-state index is 10.8. The van der Waals surface area contributed by atoms with Gasteiger partial charge in [-0.05, 0) is 42.5 Å². The molecule has 2 aromatic rings. The molecular weight excluding hydrogens is 340 g/mol. The van der Waals surface area contributed by atoms with E-state index in [9.17, 15) is 15.2 Å². The number of halogens is 1. The van der Waals surface area contributed by atoms with E-state index in [1.165, 1.54) is 12.3 Å². The molecule has 4 N–H and O–H groups in total. The summed E-state index contributed by atoms with van der Waals surface area (Å²) < 4.78 is 0. The second-order valence-corrected chi connectivity index (χ2v) is 5.29. The van der Waals surface area contributed by atoms with Gasteiger partial charge in [0, 0.05) is 28.6 Å². The molecule has 2 aromatic carbocycles. The van der Waals surface area contributed by atoms with E-state index < -0.39 is 16.4 Å². The van der Waals surface area contributed by atoms with Crippen molar-refractivity contribution in [1.82, 2.24) is 0 Å². The minimum absolute atomic E-state index is 0.131. The second-order valence-electron chi connectivity index (χ2n) is 4.41. The molecule has 0 atom stereocenters. The number of benzene rings is 2. The number of phenolic OH excluding ortho intramolecular Hbond substituents is 1. The Morgan fingerprint density at radius 2 is 2.04 bits per heavy atom. The topological polar surface area (TPSA) is 114 Å². The van der Waals surface area contributed by atoms with E-state index >= 15 is 0 Å². The monoisotopic (exact) mass is 350 g/mol. The van der Waals surface area contributed by atoms with E-state index in [1.807, 2.05) is 0 Å². The summed E-state index contributed by atoms with van der Waals surface area (Å²) in [6.07, 6.45) is 1.30.